The number of sulfone groups is 1. The first-order valence-electron chi connectivity index (χ1n) is 8.04. The highest BCUT2D eigenvalue weighted by Crippen LogP contribution is 2.27. The molecule has 0 N–H and O–H groups in total. The Labute approximate surface area is 153 Å². The fourth-order valence-electron chi connectivity index (χ4n) is 2.66. The normalized spacial score (nSPS) is 11.8. The summed E-state index contributed by atoms with van der Waals surface area (Å²) >= 11 is 0. The van der Waals surface area contributed by atoms with Gasteiger partial charge in [0.25, 0.3) is 0 Å². The van der Waals surface area contributed by atoms with Crippen molar-refractivity contribution in [2.45, 2.75) is 32.1 Å². The summed E-state index contributed by atoms with van der Waals surface area (Å²) in [6, 6.07) is 9.73. The molecule has 6 heteroatoms. The van der Waals surface area contributed by atoms with Crippen LogP contribution in [0.4, 0.5) is 10.1 Å². The first kappa shape index (κ1) is 19.8. The van der Waals surface area contributed by atoms with Gasteiger partial charge in [0.05, 0.1) is 17.2 Å². The Kier molecular flexibility index (Phi) is 5.62. The summed E-state index contributed by atoms with van der Waals surface area (Å²) in [5.41, 5.74) is 0.952. The molecule has 0 saturated carbocycles. The van der Waals surface area contributed by atoms with Gasteiger partial charge in [0.15, 0.2) is 15.5 Å². The van der Waals surface area contributed by atoms with Crippen molar-refractivity contribution in [2.24, 2.45) is 5.41 Å². The molecule has 0 fully saturated rings. The fourth-order valence-corrected chi connectivity index (χ4v) is 4.49. The number of nitrogens with zero attached hydrogens (tertiary/aromatic N) is 1. The Morgan fingerprint density at radius 3 is 2.31 bits per heavy atom. The molecule has 4 nitrogen and oxygen atoms in total. The molecular weight excluding hydrogens is 353 g/mol. The van der Waals surface area contributed by atoms with Crippen LogP contribution in [0.25, 0.3) is 4.85 Å². The summed E-state index contributed by atoms with van der Waals surface area (Å²) < 4.78 is 38.1. The SMILES string of the molecule is [C-]#[N+]c1ccc(CC(=O)C(C)(C)CS(=O)(=O)c2ccc(F)cc2)cc1C. The van der Waals surface area contributed by atoms with Gasteiger partial charge in [-0.15, -0.1) is 0 Å². The van der Waals surface area contributed by atoms with Crippen LogP contribution in [0.15, 0.2) is 47.4 Å². The van der Waals surface area contributed by atoms with Crippen LogP contribution in [0.5, 0.6) is 0 Å². The Morgan fingerprint density at radius 2 is 1.77 bits per heavy atom. The van der Waals surface area contributed by atoms with Gasteiger partial charge in [-0.1, -0.05) is 32.0 Å². The van der Waals surface area contributed by atoms with Crippen molar-refractivity contribution in [3.05, 3.63) is 70.8 Å². The minimum atomic E-state index is -3.72. The van der Waals surface area contributed by atoms with Gasteiger partial charge < -0.3 is 0 Å². The van der Waals surface area contributed by atoms with Crippen molar-refractivity contribution in [3.63, 3.8) is 0 Å². The van der Waals surface area contributed by atoms with Crippen LogP contribution in [0.3, 0.4) is 0 Å². The molecule has 0 amide bonds. The van der Waals surface area contributed by atoms with E-state index in [0.717, 1.165) is 23.3 Å². The molecule has 0 bridgehead atoms. The number of aryl methyl sites for hydroxylation is 1. The number of halogens is 1. The lowest BCUT2D eigenvalue weighted by Crippen LogP contribution is -2.33. The predicted molar refractivity (Wildman–Crippen MR) is 98.4 cm³/mol. The third-order valence-electron chi connectivity index (χ3n) is 4.22. The maximum absolute atomic E-state index is 13.0. The van der Waals surface area contributed by atoms with E-state index in [4.69, 9.17) is 6.57 Å². The summed E-state index contributed by atoms with van der Waals surface area (Å²) in [5.74, 6) is -1.08. The first-order valence-corrected chi connectivity index (χ1v) is 9.69. The second kappa shape index (κ2) is 7.38. The van der Waals surface area contributed by atoms with Crippen LogP contribution in [0.2, 0.25) is 0 Å². The summed E-state index contributed by atoms with van der Waals surface area (Å²) in [7, 11) is -3.72. The molecule has 136 valence electrons. The fraction of sp³-hybridized carbons (Fsp3) is 0.300. The highest BCUT2D eigenvalue weighted by Gasteiger charge is 2.34. The van der Waals surface area contributed by atoms with Gasteiger partial charge >= 0.3 is 0 Å². The van der Waals surface area contributed by atoms with E-state index in [9.17, 15) is 17.6 Å². The number of carbonyl (C=O) groups excluding carboxylic acids is 1. The molecule has 2 aromatic rings. The summed E-state index contributed by atoms with van der Waals surface area (Å²) in [6.07, 6.45) is 0.0884. The number of hydrogen-bond acceptors (Lipinski definition) is 3. The Bertz CT molecular complexity index is 971. The van der Waals surface area contributed by atoms with Crippen LogP contribution in [0.1, 0.15) is 25.0 Å². The first-order chi connectivity index (χ1) is 12.0. The van der Waals surface area contributed by atoms with Crippen LogP contribution in [0, 0.1) is 24.7 Å². The molecule has 2 rings (SSSR count). The second-order valence-corrected chi connectivity index (χ2v) is 8.92. The van der Waals surface area contributed by atoms with E-state index in [1.54, 1.807) is 39.0 Å². The van der Waals surface area contributed by atoms with E-state index in [0.29, 0.717) is 5.69 Å². The van der Waals surface area contributed by atoms with Gasteiger partial charge in [-0.2, -0.15) is 0 Å². The summed E-state index contributed by atoms with van der Waals surface area (Å²) in [4.78, 5) is 16.1. The lowest BCUT2D eigenvalue weighted by atomic mass is 9.86. The molecule has 0 aliphatic carbocycles. The highest BCUT2D eigenvalue weighted by atomic mass is 32.2. The molecule has 2 aromatic carbocycles. The molecule has 0 saturated heterocycles. The van der Waals surface area contributed by atoms with Crippen molar-refractivity contribution in [1.82, 2.24) is 0 Å². The maximum atomic E-state index is 13.0. The number of rotatable bonds is 6. The van der Waals surface area contributed by atoms with E-state index in [2.05, 4.69) is 4.85 Å². The minimum absolute atomic E-state index is 0.00275. The van der Waals surface area contributed by atoms with Gasteiger partial charge in [-0.05, 0) is 42.3 Å². The zero-order valence-corrected chi connectivity index (χ0v) is 15.7. The standard InChI is InChI=1S/C20H20FNO3S/c1-14-11-15(5-10-18(14)22-4)12-19(23)20(2,3)13-26(24,25)17-8-6-16(21)7-9-17/h5-11H,12-13H2,1-3H3. The van der Waals surface area contributed by atoms with Gasteiger partial charge in [-0.3, -0.25) is 4.79 Å². The second-order valence-electron chi connectivity index (χ2n) is 6.93. The summed E-state index contributed by atoms with van der Waals surface area (Å²) in [6.45, 7) is 12.0. The Hall–Kier alpha value is -2.52. The van der Waals surface area contributed by atoms with Crippen LogP contribution < -0.4 is 0 Å². The zero-order chi connectivity index (χ0) is 19.5. The molecule has 26 heavy (non-hydrogen) atoms. The van der Waals surface area contributed by atoms with E-state index in [1.807, 2.05) is 0 Å². The number of hydrogen-bond donors (Lipinski definition) is 0. The quantitative estimate of drug-likeness (QED) is 0.560. The average Bonchev–Trinajstić information content (AvgIpc) is 2.54. The Balaban J connectivity index is 2.18. The Morgan fingerprint density at radius 1 is 1.15 bits per heavy atom. The van der Waals surface area contributed by atoms with Crippen molar-refractivity contribution in [1.29, 1.82) is 0 Å². The molecule has 0 atom stereocenters. The molecule has 0 heterocycles. The predicted octanol–water partition coefficient (Wildman–Crippen LogP) is 4.30. The third kappa shape index (κ3) is 4.55. The van der Waals surface area contributed by atoms with Crippen LogP contribution >= 0.6 is 0 Å². The van der Waals surface area contributed by atoms with Crippen LogP contribution in [-0.2, 0) is 21.1 Å². The monoisotopic (exact) mass is 373 g/mol. The average molecular weight is 373 g/mol. The molecule has 0 unspecified atom stereocenters. The summed E-state index contributed by atoms with van der Waals surface area (Å²) in [5, 5.41) is 0. The number of benzene rings is 2. The largest absolute Gasteiger partial charge is 0.299 e. The number of Topliss-reactive ketones (excluding diaryl/α,β-unsaturated/α-hetero) is 1. The molecule has 0 aliphatic rings. The van der Waals surface area contributed by atoms with E-state index in [1.165, 1.54) is 12.1 Å². The molecule has 0 aliphatic heterocycles. The van der Waals surface area contributed by atoms with Gasteiger partial charge in [0, 0.05) is 11.8 Å². The van der Waals surface area contributed by atoms with E-state index >= 15 is 0 Å². The zero-order valence-electron chi connectivity index (χ0n) is 14.9. The van der Waals surface area contributed by atoms with Crippen molar-refractivity contribution >= 4 is 21.3 Å². The lowest BCUT2D eigenvalue weighted by Gasteiger charge is -2.23. The molecule has 0 radical (unpaired) electrons. The lowest BCUT2D eigenvalue weighted by molar-refractivity contribution is -0.125. The topological polar surface area (TPSA) is 55.6 Å². The van der Waals surface area contributed by atoms with E-state index in [-0.39, 0.29) is 22.9 Å². The van der Waals surface area contributed by atoms with Crippen molar-refractivity contribution < 1.29 is 17.6 Å². The molecular formula is C20H20FNO3S. The highest BCUT2D eigenvalue weighted by molar-refractivity contribution is 7.91. The van der Waals surface area contributed by atoms with E-state index < -0.39 is 21.1 Å². The number of ketones is 1. The van der Waals surface area contributed by atoms with Gasteiger partial charge in [-0.25, -0.2) is 17.7 Å². The smallest absolute Gasteiger partial charge is 0.190 e. The maximum Gasteiger partial charge on any atom is 0.190 e. The molecule has 0 aromatic heterocycles. The van der Waals surface area contributed by atoms with Gasteiger partial charge in [0.2, 0.25) is 0 Å². The molecule has 0 spiro atoms. The third-order valence-corrected chi connectivity index (χ3v) is 6.32. The minimum Gasteiger partial charge on any atom is -0.299 e. The van der Waals surface area contributed by atoms with Crippen molar-refractivity contribution in [2.75, 3.05) is 5.75 Å². The van der Waals surface area contributed by atoms with Gasteiger partial charge in [0.1, 0.15) is 11.6 Å². The van der Waals surface area contributed by atoms with Crippen molar-refractivity contribution in [3.8, 4) is 0 Å². The van der Waals surface area contributed by atoms with Crippen LogP contribution in [-0.4, -0.2) is 20.0 Å². The number of carbonyl (C=O) groups is 1.